The Labute approximate surface area is 194 Å². The molecule has 4 nitrogen and oxygen atoms in total. The van der Waals surface area contributed by atoms with Crippen molar-refractivity contribution in [3.8, 4) is 16.9 Å². The lowest BCUT2D eigenvalue weighted by molar-refractivity contribution is -0.123. The predicted molar refractivity (Wildman–Crippen MR) is 130 cm³/mol. The fourth-order valence-electron chi connectivity index (χ4n) is 3.80. The van der Waals surface area contributed by atoms with Crippen molar-refractivity contribution in [3.63, 3.8) is 0 Å². The van der Waals surface area contributed by atoms with Gasteiger partial charge in [-0.2, -0.15) is 0 Å². The first-order valence-corrected chi connectivity index (χ1v) is 12.7. The molecule has 4 rings (SSSR count). The number of benzene rings is 2. The molecule has 0 fully saturated rings. The number of carbonyl (C=O) groups excluding carboxylic acids is 2. The highest BCUT2D eigenvalue weighted by Crippen LogP contribution is 2.53. The van der Waals surface area contributed by atoms with Crippen molar-refractivity contribution >= 4 is 50.5 Å². The van der Waals surface area contributed by atoms with Crippen molar-refractivity contribution in [2.24, 2.45) is 5.92 Å². The molecule has 1 amide bonds. The first kappa shape index (κ1) is 21.9. The molecule has 0 bridgehead atoms. The normalized spacial score (nSPS) is 15.0. The van der Waals surface area contributed by atoms with Gasteiger partial charge in [-0.25, -0.2) is 4.79 Å². The van der Waals surface area contributed by atoms with Crippen LogP contribution in [0.15, 0.2) is 48.5 Å². The Hall–Kier alpha value is -2.35. The van der Waals surface area contributed by atoms with E-state index >= 15 is 0 Å². The van der Waals surface area contributed by atoms with Crippen LogP contribution in [-0.4, -0.2) is 11.9 Å². The number of nitrogens with zero attached hydrogens (tertiary/aromatic N) is 1. The molecule has 31 heavy (non-hydrogen) atoms. The van der Waals surface area contributed by atoms with Gasteiger partial charge in [0.15, 0.2) is 0 Å². The second-order valence-corrected chi connectivity index (χ2v) is 11.0. The summed E-state index contributed by atoms with van der Waals surface area (Å²) in [7, 11) is 3.16. The Morgan fingerprint density at radius 1 is 1.13 bits per heavy atom. The van der Waals surface area contributed by atoms with Crippen LogP contribution in [0.4, 0.5) is 5.69 Å². The molecule has 1 atom stereocenters. The Balaban J connectivity index is 1.82. The Morgan fingerprint density at radius 2 is 1.84 bits per heavy atom. The first-order chi connectivity index (χ1) is 14.8. The number of hydrogen-bond donors (Lipinski definition) is 0. The maximum Gasteiger partial charge on any atom is 0.343 e. The number of amides is 1. The smallest absolute Gasteiger partial charge is 0.343 e. The van der Waals surface area contributed by atoms with E-state index in [1.165, 1.54) is 0 Å². The first-order valence-electron chi connectivity index (χ1n) is 10.1. The molecule has 0 N–H and O–H groups in total. The number of fused-ring (bicyclic) bond motifs is 3. The van der Waals surface area contributed by atoms with E-state index in [1.54, 1.807) is 51.0 Å². The summed E-state index contributed by atoms with van der Waals surface area (Å²) in [4.78, 5) is 28.9. The molecular formula is C24H23NO3S3. The van der Waals surface area contributed by atoms with Gasteiger partial charge in [-0.15, -0.1) is 0 Å². The Morgan fingerprint density at radius 3 is 2.52 bits per heavy atom. The highest BCUT2D eigenvalue weighted by Gasteiger charge is 2.43. The van der Waals surface area contributed by atoms with Crippen LogP contribution in [0.5, 0.6) is 5.75 Å². The zero-order valence-electron chi connectivity index (χ0n) is 17.8. The minimum Gasteiger partial charge on any atom is -0.423 e. The third-order valence-corrected chi connectivity index (χ3v) is 9.03. The monoisotopic (exact) mass is 469 g/mol. The molecule has 0 aliphatic carbocycles. The summed E-state index contributed by atoms with van der Waals surface area (Å²) in [5.74, 6) is -0.00964. The van der Waals surface area contributed by atoms with Crippen LogP contribution in [0.3, 0.4) is 0 Å². The second kappa shape index (κ2) is 8.30. The third-order valence-electron chi connectivity index (χ3n) is 5.70. The molecule has 7 heteroatoms. The van der Waals surface area contributed by atoms with Crippen molar-refractivity contribution in [2.75, 3.05) is 4.90 Å². The lowest BCUT2D eigenvalue weighted by Crippen LogP contribution is -2.49. The largest absolute Gasteiger partial charge is 0.423 e. The fourth-order valence-corrected chi connectivity index (χ4v) is 7.08. The summed E-state index contributed by atoms with van der Waals surface area (Å²) in [5.41, 5.74) is 2.59. The molecular weight excluding hydrogens is 446 g/mol. The zero-order valence-corrected chi connectivity index (χ0v) is 20.2. The zero-order chi connectivity index (χ0) is 22.3. The molecule has 0 saturated heterocycles. The van der Waals surface area contributed by atoms with E-state index in [-0.39, 0.29) is 11.8 Å². The van der Waals surface area contributed by atoms with Gasteiger partial charge < -0.3 is 9.64 Å². The number of rotatable bonds is 4. The van der Waals surface area contributed by atoms with E-state index in [1.807, 2.05) is 36.9 Å². The maximum atomic E-state index is 13.4. The molecule has 0 radical (unpaired) electrons. The van der Waals surface area contributed by atoms with Gasteiger partial charge in [0.1, 0.15) is 9.57 Å². The van der Waals surface area contributed by atoms with Crippen LogP contribution >= 0.6 is 32.9 Å². The molecule has 160 valence electrons. The molecule has 2 aromatic carbocycles. The van der Waals surface area contributed by atoms with Gasteiger partial charge in [0.25, 0.3) is 0 Å². The summed E-state index contributed by atoms with van der Waals surface area (Å²) in [6.45, 7) is 8.11. The molecule has 2 heterocycles. The van der Waals surface area contributed by atoms with Crippen LogP contribution in [0.1, 0.15) is 49.4 Å². The van der Waals surface area contributed by atoms with Gasteiger partial charge in [-0.3, -0.25) is 4.79 Å². The van der Waals surface area contributed by atoms with Crippen molar-refractivity contribution in [1.29, 1.82) is 0 Å². The quantitative estimate of drug-likeness (QED) is 0.178. The number of carbonyl (C=O) groups is 2. The van der Waals surface area contributed by atoms with Gasteiger partial charge >= 0.3 is 5.97 Å². The van der Waals surface area contributed by atoms with Crippen molar-refractivity contribution in [1.82, 2.24) is 0 Å². The maximum absolute atomic E-state index is 13.4. The second-order valence-electron chi connectivity index (χ2n) is 8.13. The number of anilines is 1. The molecule has 3 aromatic rings. The minimum atomic E-state index is -0.511. The molecule has 0 saturated carbocycles. The average molecular weight is 470 g/mol. The highest BCUT2D eigenvalue weighted by atomic mass is 32.9. The van der Waals surface area contributed by atoms with Gasteiger partial charge in [-0.1, -0.05) is 64.9 Å². The number of ether oxygens (including phenoxy) is 1. The van der Waals surface area contributed by atoms with Crippen LogP contribution < -0.4 is 9.64 Å². The topological polar surface area (TPSA) is 46.6 Å². The van der Waals surface area contributed by atoms with Gasteiger partial charge in [0.05, 0.1) is 21.7 Å². The summed E-state index contributed by atoms with van der Waals surface area (Å²) in [6, 6.07) is 14.3. The number of hydrogen-bond acceptors (Lipinski definition) is 6. The van der Waals surface area contributed by atoms with E-state index in [4.69, 9.17) is 17.0 Å². The lowest BCUT2D eigenvalue weighted by Gasteiger charge is -2.44. The van der Waals surface area contributed by atoms with Gasteiger partial charge in [0.2, 0.25) is 5.91 Å². The highest BCUT2D eigenvalue weighted by molar-refractivity contribution is 7.80. The molecule has 1 unspecified atom stereocenters. The lowest BCUT2D eigenvalue weighted by atomic mass is 9.86. The Kier molecular flexibility index (Phi) is 5.85. The molecule has 1 aliphatic heterocycles. The molecule has 1 aromatic heterocycles. The fraction of sp³-hybridized carbons (Fsp3) is 0.292. The van der Waals surface area contributed by atoms with Crippen LogP contribution in [0, 0.1) is 9.74 Å². The minimum absolute atomic E-state index is 0.0812. The van der Waals surface area contributed by atoms with Gasteiger partial charge in [-0.05, 0) is 50.6 Å². The summed E-state index contributed by atoms with van der Waals surface area (Å²) >= 11 is 5.66. The average Bonchev–Trinajstić information content (AvgIpc) is 3.16. The summed E-state index contributed by atoms with van der Waals surface area (Å²) < 4.78 is 6.43. The standard InChI is InChI=1S/C24H23NO3S3/c1-5-14(2)21(26)25-18-12-11-16(28-22(27)15-9-7-6-8-10-15)13-17(18)19-20(24(25,3)4)30-31-23(19)29/h6-14H,5H2,1-4H3. The predicted octanol–water partition coefficient (Wildman–Crippen LogP) is 7.05. The summed E-state index contributed by atoms with van der Waals surface area (Å²) in [5, 5.41) is 0. The summed E-state index contributed by atoms with van der Waals surface area (Å²) in [6.07, 6.45) is 0.764. The van der Waals surface area contributed by atoms with Crippen molar-refractivity contribution in [3.05, 3.63) is 62.8 Å². The van der Waals surface area contributed by atoms with Crippen LogP contribution in [-0.2, 0) is 10.3 Å². The molecule has 0 spiro atoms. The third kappa shape index (κ3) is 3.75. The van der Waals surface area contributed by atoms with E-state index in [9.17, 15) is 9.59 Å². The van der Waals surface area contributed by atoms with E-state index in [0.29, 0.717) is 11.3 Å². The van der Waals surface area contributed by atoms with Gasteiger partial charge in [0, 0.05) is 17.0 Å². The molecule has 1 aliphatic rings. The Bertz CT molecular complexity index is 1210. The van der Waals surface area contributed by atoms with Crippen LogP contribution in [0.2, 0.25) is 0 Å². The SMILES string of the molecule is CCC(C)C(=O)N1c2ccc(OC(=O)c3ccccc3)cc2-c2c(ssc2=S)C1(C)C. The number of esters is 1. The van der Waals surface area contributed by atoms with E-state index in [2.05, 4.69) is 13.8 Å². The van der Waals surface area contributed by atoms with E-state index < -0.39 is 11.5 Å². The van der Waals surface area contributed by atoms with E-state index in [0.717, 1.165) is 31.9 Å². The van der Waals surface area contributed by atoms with Crippen LogP contribution in [0.25, 0.3) is 11.1 Å². The van der Waals surface area contributed by atoms with Crippen molar-refractivity contribution in [2.45, 2.75) is 39.7 Å². The van der Waals surface area contributed by atoms with Crippen molar-refractivity contribution < 1.29 is 14.3 Å².